The third-order valence-corrected chi connectivity index (χ3v) is 3.43. The third kappa shape index (κ3) is 1.19. The lowest BCUT2D eigenvalue weighted by atomic mass is 10.2. The van der Waals surface area contributed by atoms with Crippen LogP contribution in [0.5, 0.6) is 0 Å². The molecule has 1 aromatic carbocycles. The number of pyridine rings is 2. The molecule has 0 amide bonds. The van der Waals surface area contributed by atoms with E-state index in [0.29, 0.717) is 5.02 Å². The Kier molecular flexibility index (Phi) is 1.88. The Bertz CT molecular complexity index is 895. The second kappa shape index (κ2) is 3.43. The van der Waals surface area contributed by atoms with E-state index in [1.54, 1.807) is 6.20 Å². The van der Waals surface area contributed by atoms with Gasteiger partial charge in [0.2, 0.25) is 0 Å². The van der Waals surface area contributed by atoms with Crippen molar-refractivity contribution in [2.24, 2.45) is 0 Å². The van der Waals surface area contributed by atoms with E-state index in [2.05, 4.69) is 14.4 Å². The van der Waals surface area contributed by atoms with Crippen molar-refractivity contribution in [1.29, 1.82) is 0 Å². The first-order valence-corrected chi connectivity index (χ1v) is 6.03. The summed E-state index contributed by atoms with van der Waals surface area (Å²) in [5.41, 5.74) is 3.62. The SMILES string of the molecule is Clc1cc2nc3ncccc3n2c2ccccc12. The van der Waals surface area contributed by atoms with Crippen LogP contribution in [0.4, 0.5) is 0 Å². The zero-order valence-electron chi connectivity index (χ0n) is 9.34. The molecule has 4 heteroatoms. The number of benzene rings is 1. The molecular weight excluding hydrogens is 246 g/mol. The van der Waals surface area contributed by atoms with Gasteiger partial charge in [0.25, 0.3) is 0 Å². The van der Waals surface area contributed by atoms with Crippen LogP contribution in [-0.2, 0) is 0 Å². The van der Waals surface area contributed by atoms with E-state index < -0.39 is 0 Å². The third-order valence-electron chi connectivity index (χ3n) is 3.11. The number of hydrogen-bond donors (Lipinski definition) is 0. The number of hydrogen-bond acceptors (Lipinski definition) is 2. The van der Waals surface area contributed by atoms with Crippen molar-refractivity contribution in [3.8, 4) is 0 Å². The van der Waals surface area contributed by atoms with Gasteiger partial charge in [-0.05, 0) is 18.2 Å². The average Bonchev–Trinajstić information content (AvgIpc) is 2.77. The molecule has 4 aromatic rings. The normalized spacial score (nSPS) is 11.6. The van der Waals surface area contributed by atoms with E-state index in [4.69, 9.17) is 11.6 Å². The van der Waals surface area contributed by atoms with Gasteiger partial charge in [0.15, 0.2) is 5.65 Å². The Morgan fingerprint density at radius 2 is 1.83 bits per heavy atom. The largest absolute Gasteiger partial charge is 0.290 e. The minimum atomic E-state index is 0.716. The summed E-state index contributed by atoms with van der Waals surface area (Å²) in [6.07, 6.45) is 1.75. The van der Waals surface area contributed by atoms with Gasteiger partial charge in [0.05, 0.1) is 16.1 Å². The van der Waals surface area contributed by atoms with Gasteiger partial charge in [0, 0.05) is 17.6 Å². The molecule has 4 rings (SSSR count). The molecule has 0 fully saturated rings. The van der Waals surface area contributed by atoms with Crippen LogP contribution in [0.15, 0.2) is 48.7 Å². The Labute approximate surface area is 108 Å². The molecule has 86 valence electrons. The lowest BCUT2D eigenvalue weighted by molar-refractivity contribution is 1.30. The summed E-state index contributed by atoms with van der Waals surface area (Å²) >= 11 is 6.29. The first-order chi connectivity index (χ1) is 8.84. The number of imidazole rings is 1. The van der Waals surface area contributed by atoms with Gasteiger partial charge in [-0.25, -0.2) is 9.97 Å². The van der Waals surface area contributed by atoms with Crippen molar-refractivity contribution in [3.63, 3.8) is 0 Å². The minimum Gasteiger partial charge on any atom is -0.290 e. The fourth-order valence-corrected chi connectivity index (χ4v) is 2.60. The van der Waals surface area contributed by atoms with Gasteiger partial charge < -0.3 is 0 Å². The maximum absolute atomic E-state index is 6.29. The van der Waals surface area contributed by atoms with E-state index in [9.17, 15) is 0 Å². The molecule has 3 heterocycles. The number of aromatic nitrogens is 3. The second-order valence-electron chi connectivity index (χ2n) is 4.16. The highest BCUT2D eigenvalue weighted by Crippen LogP contribution is 2.28. The smallest absolute Gasteiger partial charge is 0.178 e. The summed E-state index contributed by atoms with van der Waals surface area (Å²) in [5.74, 6) is 0. The summed E-state index contributed by atoms with van der Waals surface area (Å²) in [6, 6.07) is 13.9. The van der Waals surface area contributed by atoms with E-state index in [1.807, 2.05) is 42.5 Å². The van der Waals surface area contributed by atoms with Crippen molar-refractivity contribution in [2.75, 3.05) is 0 Å². The Morgan fingerprint density at radius 1 is 1.00 bits per heavy atom. The molecule has 0 bridgehead atoms. The second-order valence-corrected chi connectivity index (χ2v) is 4.57. The van der Waals surface area contributed by atoms with Crippen LogP contribution in [0.25, 0.3) is 27.7 Å². The van der Waals surface area contributed by atoms with Crippen LogP contribution < -0.4 is 0 Å². The van der Waals surface area contributed by atoms with Gasteiger partial charge in [-0.2, -0.15) is 0 Å². The predicted molar refractivity (Wildman–Crippen MR) is 73.0 cm³/mol. The van der Waals surface area contributed by atoms with Crippen LogP contribution >= 0.6 is 11.6 Å². The lowest BCUT2D eigenvalue weighted by Gasteiger charge is -2.04. The fourth-order valence-electron chi connectivity index (χ4n) is 2.34. The Morgan fingerprint density at radius 3 is 2.78 bits per heavy atom. The van der Waals surface area contributed by atoms with Crippen LogP contribution in [0, 0.1) is 0 Å². The van der Waals surface area contributed by atoms with Gasteiger partial charge in [-0.15, -0.1) is 0 Å². The molecule has 18 heavy (non-hydrogen) atoms. The van der Waals surface area contributed by atoms with Crippen molar-refractivity contribution in [3.05, 3.63) is 53.7 Å². The van der Waals surface area contributed by atoms with E-state index in [0.717, 1.165) is 27.7 Å². The fraction of sp³-hybridized carbons (Fsp3) is 0. The molecule has 0 atom stereocenters. The van der Waals surface area contributed by atoms with E-state index >= 15 is 0 Å². The molecule has 0 saturated heterocycles. The van der Waals surface area contributed by atoms with Crippen molar-refractivity contribution >= 4 is 39.3 Å². The first kappa shape index (κ1) is 9.85. The molecule has 0 aliphatic heterocycles. The highest BCUT2D eigenvalue weighted by molar-refractivity contribution is 6.35. The molecule has 0 radical (unpaired) electrons. The quantitative estimate of drug-likeness (QED) is 0.478. The molecule has 0 aliphatic rings. The number of fused-ring (bicyclic) bond motifs is 5. The van der Waals surface area contributed by atoms with E-state index in [-0.39, 0.29) is 0 Å². The molecule has 0 aliphatic carbocycles. The van der Waals surface area contributed by atoms with Crippen LogP contribution in [-0.4, -0.2) is 14.4 Å². The van der Waals surface area contributed by atoms with Crippen LogP contribution in [0.1, 0.15) is 0 Å². The standard InChI is InChI=1S/C14H8ClN3/c15-10-8-13-17-14-12(6-3-7-16-14)18(13)11-5-2-1-4-9(10)11/h1-8H. The van der Waals surface area contributed by atoms with Gasteiger partial charge in [-0.3, -0.25) is 4.40 Å². The van der Waals surface area contributed by atoms with Crippen molar-refractivity contribution in [2.45, 2.75) is 0 Å². The molecular formula is C14H8ClN3. The summed E-state index contributed by atoms with van der Waals surface area (Å²) in [5, 5.41) is 1.74. The molecule has 0 saturated carbocycles. The Balaban J connectivity index is 2.39. The van der Waals surface area contributed by atoms with Crippen LogP contribution in [0.3, 0.4) is 0 Å². The molecule has 0 spiro atoms. The van der Waals surface area contributed by atoms with Crippen molar-refractivity contribution < 1.29 is 0 Å². The minimum absolute atomic E-state index is 0.716. The average molecular weight is 254 g/mol. The zero-order valence-corrected chi connectivity index (χ0v) is 10.1. The zero-order chi connectivity index (χ0) is 12.1. The summed E-state index contributed by atoms with van der Waals surface area (Å²) in [7, 11) is 0. The highest BCUT2D eigenvalue weighted by Gasteiger charge is 2.10. The van der Waals surface area contributed by atoms with Gasteiger partial charge in [-0.1, -0.05) is 29.8 Å². The lowest BCUT2D eigenvalue weighted by Crippen LogP contribution is -1.88. The molecule has 3 nitrogen and oxygen atoms in total. The Hall–Kier alpha value is -2.13. The topological polar surface area (TPSA) is 30.2 Å². The number of rotatable bonds is 0. The maximum atomic E-state index is 6.29. The monoisotopic (exact) mass is 253 g/mol. The summed E-state index contributed by atoms with van der Waals surface area (Å²) in [4.78, 5) is 8.77. The number of halogens is 1. The van der Waals surface area contributed by atoms with Crippen molar-refractivity contribution in [1.82, 2.24) is 14.4 Å². The first-order valence-electron chi connectivity index (χ1n) is 5.65. The molecule has 0 N–H and O–H groups in total. The van der Waals surface area contributed by atoms with Gasteiger partial charge >= 0.3 is 0 Å². The van der Waals surface area contributed by atoms with Gasteiger partial charge in [0.1, 0.15) is 5.65 Å². The molecule has 0 unspecified atom stereocenters. The summed E-state index contributed by atoms with van der Waals surface area (Å²) in [6.45, 7) is 0. The summed E-state index contributed by atoms with van der Waals surface area (Å²) < 4.78 is 2.09. The number of para-hydroxylation sites is 1. The van der Waals surface area contributed by atoms with Crippen LogP contribution in [0.2, 0.25) is 5.02 Å². The maximum Gasteiger partial charge on any atom is 0.178 e. The highest BCUT2D eigenvalue weighted by atomic mass is 35.5. The predicted octanol–water partition coefficient (Wildman–Crippen LogP) is 3.69. The van der Waals surface area contributed by atoms with E-state index in [1.165, 1.54) is 0 Å². The molecule has 3 aromatic heterocycles. The number of nitrogens with zero attached hydrogens (tertiary/aromatic N) is 3.